The first-order valence-corrected chi connectivity index (χ1v) is 16.3. The van der Waals surface area contributed by atoms with Gasteiger partial charge in [0.1, 0.15) is 0 Å². The van der Waals surface area contributed by atoms with Crippen LogP contribution < -0.4 is 0 Å². The van der Waals surface area contributed by atoms with Gasteiger partial charge in [-0.25, -0.2) is 15.0 Å². The van der Waals surface area contributed by atoms with E-state index in [0.717, 1.165) is 49.6 Å². The van der Waals surface area contributed by atoms with Gasteiger partial charge < -0.3 is 0 Å². The molecule has 2 aromatic heterocycles. The van der Waals surface area contributed by atoms with Gasteiger partial charge in [0.05, 0.1) is 26.4 Å². The van der Waals surface area contributed by atoms with Crippen molar-refractivity contribution in [1.29, 1.82) is 0 Å². The summed E-state index contributed by atoms with van der Waals surface area (Å²) < 4.78 is 1.23. The normalized spacial score (nSPS) is 11.6. The second-order valence-electron chi connectivity index (χ2n) is 11.6. The lowest BCUT2D eigenvalue weighted by atomic mass is 9.87. The zero-order chi connectivity index (χ0) is 30.6. The van der Waals surface area contributed by atoms with Crippen molar-refractivity contribution in [2.75, 3.05) is 0 Å². The summed E-state index contributed by atoms with van der Waals surface area (Å²) in [6, 6.07) is 51.5. The Labute approximate surface area is 270 Å². The molecular formula is C42H27N3S. The highest BCUT2D eigenvalue weighted by atomic mass is 32.1. The predicted octanol–water partition coefficient (Wildman–Crippen LogP) is 11.5. The highest BCUT2D eigenvalue weighted by Gasteiger charge is 2.20. The topological polar surface area (TPSA) is 38.7 Å². The Morgan fingerprint density at radius 1 is 0.457 bits per heavy atom. The fourth-order valence-corrected chi connectivity index (χ4v) is 7.65. The molecule has 0 amide bonds. The number of para-hydroxylation sites is 1. The molecule has 0 unspecified atom stereocenters. The maximum Gasteiger partial charge on any atom is 0.160 e. The lowest BCUT2D eigenvalue weighted by Gasteiger charge is -2.17. The Bertz CT molecular complexity index is 2590. The SMILES string of the molecule is Cc1nc2cc3ccccc3c(-c3c(-c4ccc(-c5nc(-c6ccccc6)nc6ccccc56)cc4)ccc4ccccc34)c2s1. The van der Waals surface area contributed by atoms with Crippen molar-refractivity contribution in [3.8, 4) is 44.9 Å². The Morgan fingerprint density at radius 3 is 1.91 bits per heavy atom. The van der Waals surface area contributed by atoms with Gasteiger partial charge in [-0.1, -0.05) is 133 Å². The molecule has 0 aliphatic rings. The zero-order valence-electron chi connectivity index (χ0n) is 25.1. The van der Waals surface area contributed by atoms with Crippen molar-refractivity contribution in [2.24, 2.45) is 0 Å². The van der Waals surface area contributed by atoms with Crippen molar-refractivity contribution >= 4 is 54.0 Å². The van der Waals surface area contributed by atoms with E-state index in [0.29, 0.717) is 0 Å². The maximum atomic E-state index is 5.10. The van der Waals surface area contributed by atoms with Crippen LogP contribution in [0, 0.1) is 6.92 Å². The number of hydrogen-bond donors (Lipinski definition) is 0. The third-order valence-electron chi connectivity index (χ3n) is 8.79. The van der Waals surface area contributed by atoms with Crippen LogP contribution in [0.1, 0.15) is 5.01 Å². The monoisotopic (exact) mass is 605 g/mol. The largest absolute Gasteiger partial charge is 0.241 e. The second-order valence-corrected chi connectivity index (χ2v) is 12.8. The molecule has 0 fully saturated rings. The summed E-state index contributed by atoms with van der Waals surface area (Å²) >= 11 is 1.78. The van der Waals surface area contributed by atoms with Gasteiger partial charge in [0.15, 0.2) is 5.82 Å². The number of rotatable bonds is 4. The van der Waals surface area contributed by atoms with Crippen LogP contribution in [0.3, 0.4) is 0 Å². The van der Waals surface area contributed by atoms with Crippen molar-refractivity contribution < 1.29 is 0 Å². The van der Waals surface area contributed by atoms with Gasteiger partial charge >= 0.3 is 0 Å². The first kappa shape index (κ1) is 26.7. The lowest BCUT2D eigenvalue weighted by Crippen LogP contribution is -1.95. The van der Waals surface area contributed by atoms with Gasteiger partial charge in [-0.2, -0.15) is 0 Å². The minimum Gasteiger partial charge on any atom is -0.241 e. The molecule has 0 radical (unpaired) electrons. The van der Waals surface area contributed by atoms with Crippen LogP contribution in [0.25, 0.3) is 87.6 Å². The van der Waals surface area contributed by atoms with Crippen LogP contribution in [-0.4, -0.2) is 15.0 Å². The molecule has 9 aromatic rings. The molecule has 7 aromatic carbocycles. The molecule has 4 heteroatoms. The van der Waals surface area contributed by atoms with Crippen LogP contribution in [0.15, 0.2) is 146 Å². The van der Waals surface area contributed by atoms with E-state index in [2.05, 4.69) is 128 Å². The maximum absolute atomic E-state index is 5.10. The van der Waals surface area contributed by atoms with E-state index in [4.69, 9.17) is 15.0 Å². The Morgan fingerprint density at radius 2 is 1.11 bits per heavy atom. The van der Waals surface area contributed by atoms with Gasteiger partial charge in [0.2, 0.25) is 0 Å². The Hall–Kier alpha value is -5.71. The minimum absolute atomic E-state index is 0.731. The van der Waals surface area contributed by atoms with Gasteiger partial charge in [0.25, 0.3) is 0 Å². The summed E-state index contributed by atoms with van der Waals surface area (Å²) in [6.07, 6.45) is 0. The van der Waals surface area contributed by atoms with Gasteiger partial charge in [-0.3, -0.25) is 0 Å². The molecule has 3 nitrogen and oxygen atoms in total. The van der Waals surface area contributed by atoms with Crippen molar-refractivity contribution in [3.63, 3.8) is 0 Å². The molecule has 0 aliphatic carbocycles. The number of benzene rings is 7. The average Bonchev–Trinajstić information content (AvgIpc) is 3.49. The molecular weight excluding hydrogens is 579 g/mol. The van der Waals surface area contributed by atoms with E-state index in [1.54, 1.807) is 11.3 Å². The molecule has 0 N–H and O–H groups in total. The van der Waals surface area contributed by atoms with Crippen molar-refractivity contribution in [3.05, 3.63) is 151 Å². The van der Waals surface area contributed by atoms with Crippen LogP contribution in [-0.2, 0) is 0 Å². The fraction of sp³-hybridized carbons (Fsp3) is 0.0238. The average molecular weight is 606 g/mol. The summed E-state index contributed by atoms with van der Waals surface area (Å²) in [4.78, 5) is 14.9. The van der Waals surface area contributed by atoms with Crippen molar-refractivity contribution in [2.45, 2.75) is 6.92 Å². The van der Waals surface area contributed by atoms with Gasteiger partial charge in [0, 0.05) is 22.1 Å². The molecule has 0 saturated carbocycles. The lowest BCUT2D eigenvalue weighted by molar-refractivity contribution is 1.23. The van der Waals surface area contributed by atoms with Crippen LogP contribution in [0.4, 0.5) is 0 Å². The summed E-state index contributed by atoms with van der Waals surface area (Å²) in [5.74, 6) is 0.731. The Kier molecular flexibility index (Phi) is 6.22. The van der Waals surface area contributed by atoms with E-state index in [1.165, 1.54) is 42.9 Å². The molecule has 216 valence electrons. The molecule has 0 spiro atoms. The fourth-order valence-electron chi connectivity index (χ4n) is 6.69. The second kappa shape index (κ2) is 10.7. The van der Waals surface area contributed by atoms with E-state index in [9.17, 15) is 0 Å². The van der Waals surface area contributed by atoms with Crippen molar-refractivity contribution in [1.82, 2.24) is 15.0 Å². The predicted molar refractivity (Wildman–Crippen MR) is 194 cm³/mol. The zero-order valence-corrected chi connectivity index (χ0v) is 25.9. The molecule has 0 aliphatic heterocycles. The smallest absolute Gasteiger partial charge is 0.160 e. The minimum atomic E-state index is 0.731. The summed E-state index contributed by atoms with van der Waals surface area (Å²) in [5.41, 5.74) is 9.85. The number of nitrogens with zero attached hydrogens (tertiary/aromatic N) is 3. The quantitative estimate of drug-likeness (QED) is 0.200. The number of fused-ring (bicyclic) bond motifs is 4. The highest BCUT2D eigenvalue weighted by Crippen LogP contribution is 2.46. The first-order valence-electron chi connectivity index (χ1n) is 15.5. The molecule has 2 heterocycles. The molecule has 9 rings (SSSR count). The van der Waals surface area contributed by atoms with E-state index < -0.39 is 0 Å². The number of hydrogen-bond acceptors (Lipinski definition) is 4. The molecule has 0 bridgehead atoms. The third kappa shape index (κ3) is 4.38. The number of aromatic nitrogens is 3. The highest BCUT2D eigenvalue weighted by molar-refractivity contribution is 7.19. The number of thiazole rings is 1. The van der Waals surface area contributed by atoms with Crippen LogP contribution in [0.2, 0.25) is 0 Å². The standard InChI is InChI=1S/C42H27N3S/c1-26-43-37-25-31-14-6-8-16-33(31)39(41(37)46-26)38-32-15-7-5-11-27(32)23-24-34(38)28-19-21-29(22-20-28)40-35-17-9-10-18-36(35)44-42(45-40)30-12-3-2-4-13-30/h2-25H,1H3. The van der Waals surface area contributed by atoms with E-state index in [1.807, 2.05) is 24.3 Å². The van der Waals surface area contributed by atoms with E-state index in [-0.39, 0.29) is 0 Å². The van der Waals surface area contributed by atoms with Crippen LogP contribution in [0.5, 0.6) is 0 Å². The Balaban J connectivity index is 1.27. The molecule has 0 atom stereocenters. The molecule has 0 saturated heterocycles. The van der Waals surface area contributed by atoms with Crippen LogP contribution >= 0.6 is 11.3 Å². The van der Waals surface area contributed by atoms with Gasteiger partial charge in [-0.05, 0) is 57.3 Å². The van der Waals surface area contributed by atoms with Gasteiger partial charge in [-0.15, -0.1) is 11.3 Å². The summed E-state index contributed by atoms with van der Waals surface area (Å²) in [5, 5.41) is 7.02. The summed E-state index contributed by atoms with van der Waals surface area (Å²) in [7, 11) is 0. The first-order chi connectivity index (χ1) is 22.7. The number of aryl methyl sites for hydroxylation is 1. The molecule has 46 heavy (non-hydrogen) atoms. The van der Waals surface area contributed by atoms with E-state index >= 15 is 0 Å². The summed E-state index contributed by atoms with van der Waals surface area (Å²) in [6.45, 7) is 2.10. The third-order valence-corrected chi connectivity index (χ3v) is 9.80.